The first-order chi connectivity index (χ1) is 32.4. The molecule has 9 aromatic rings. The molecule has 51 heavy (non-hydrogen) atoms. The van der Waals surface area contributed by atoms with Crippen LogP contribution in [-0.4, -0.2) is 0 Å². The van der Waals surface area contributed by atoms with Gasteiger partial charge in [-0.2, -0.15) is 0 Å². The molecule has 0 bridgehead atoms. The van der Waals surface area contributed by atoms with E-state index in [1.54, 1.807) is 6.07 Å². The van der Waals surface area contributed by atoms with E-state index in [9.17, 15) is 11.0 Å². The van der Waals surface area contributed by atoms with E-state index in [1.807, 2.05) is 91.0 Å². The fourth-order valence-corrected chi connectivity index (χ4v) is 7.68. The highest BCUT2D eigenvalue weighted by molar-refractivity contribution is 6.21. The van der Waals surface area contributed by atoms with Gasteiger partial charge < -0.3 is 0 Å². The molecule has 0 aliphatic heterocycles. The Kier molecular flexibility index (Phi) is 3.93. The van der Waals surface area contributed by atoms with Gasteiger partial charge in [0.05, 0.1) is 28.7 Å². The molecule has 0 N–H and O–H groups in total. The molecule has 0 radical (unpaired) electrons. The fraction of sp³-hybridized carbons (Fsp3) is 0.0196. The zero-order valence-corrected chi connectivity index (χ0v) is 26.8. The second-order valence-electron chi connectivity index (χ2n) is 12.3. The van der Waals surface area contributed by atoms with Gasteiger partial charge in [-0.15, -0.1) is 0 Å². The first-order valence-electron chi connectivity index (χ1n) is 24.9. The third-order valence-electron chi connectivity index (χ3n) is 9.75. The van der Waals surface area contributed by atoms with Crippen molar-refractivity contribution in [1.29, 1.82) is 0 Å². The predicted octanol–water partition coefficient (Wildman–Crippen LogP) is 13.4. The second kappa shape index (κ2) is 11.8. The standard InChI is InChI=1S/C51H34/c1-4-16-36(17-5-1)49-43-23-10-12-25-45(43)50(46-26-13-11-24-44(46)49)37-30-28-35(29-31-37)38-32-33-42-41-22-14-15-27-47(41)51(48(42)34-38,39-18-6-2-7-19-39)40-20-8-3-9-21-40/h1-34H/i1D,4D,5D,10D,11D,12D,13D,16D,17D,23D,24D,25D,26D,28D,29D,30D,31D. The van der Waals surface area contributed by atoms with Crippen molar-refractivity contribution in [3.05, 3.63) is 228 Å². The smallest absolute Gasteiger partial charge is 0.0622 e. The van der Waals surface area contributed by atoms with Crippen LogP contribution in [0.3, 0.4) is 0 Å². The molecule has 0 heteroatoms. The van der Waals surface area contributed by atoms with Crippen LogP contribution in [0.25, 0.3) is 66.1 Å². The second-order valence-corrected chi connectivity index (χ2v) is 12.3. The number of benzene rings is 9. The highest BCUT2D eigenvalue weighted by Gasteiger charge is 2.46. The van der Waals surface area contributed by atoms with Crippen LogP contribution in [0, 0.1) is 0 Å². The Labute approximate surface area is 322 Å². The SMILES string of the molecule is [2H]c1c([2H])c([2H])c(-c2c3c([2H])c([2H])c([2H])c([2H])c3c(-c3c([2H])c([2H])c(-c4ccc5c(c4)C(c4ccccc4)(c4ccccc4)c4ccccc4-5)c([2H])c3[2H])c3c([2H])c([2H])c([2H])c([2H])c23)c([2H])c1[2H]. The van der Waals surface area contributed by atoms with E-state index in [0.717, 1.165) is 33.4 Å². The average Bonchev–Trinajstić information content (AvgIpc) is 3.65. The van der Waals surface area contributed by atoms with E-state index >= 15 is 0 Å². The minimum absolute atomic E-state index is 0.106. The summed E-state index contributed by atoms with van der Waals surface area (Å²) in [5.74, 6) is 0. The first kappa shape index (κ1) is 16.9. The fourth-order valence-electron chi connectivity index (χ4n) is 7.68. The summed E-state index contributed by atoms with van der Waals surface area (Å²) in [5.41, 5.74) is 2.77. The van der Waals surface area contributed by atoms with Crippen LogP contribution in [0.4, 0.5) is 0 Å². The summed E-state index contributed by atoms with van der Waals surface area (Å²) >= 11 is 0. The third kappa shape index (κ3) is 4.47. The highest BCUT2D eigenvalue weighted by atomic mass is 14.5. The molecule has 10 rings (SSSR count). The molecule has 238 valence electrons. The topological polar surface area (TPSA) is 0 Å². The van der Waals surface area contributed by atoms with Gasteiger partial charge in [0.1, 0.15) is 0 Å². The van der Waals surface area contributed by atoms with Gasteiger partial charge in [-0.1, -0.05) is 200 Å². The van der Waals surface area contributed by atoms with Gasteiger partial charge in [0.25, 0.3) is 0 Å². The lowest BCUT2D eigenvalue weighted by Crippen LogP contribution is -2.28. The summed E-state index contributed by atoms with van der Waals surface area (Å²) in [6.07, 6.45) is 0. The summed E-state index contributed by atoms with van der Waals surface area (Å²) in [5, 5.41) is -2.04. The molecule has 0 nitrogen and oxygen atoms in total. The van der Waals surface area contributed by atoms with Gasteiger partial charge >= 0.3 is 0 Å². The van der Waals surface area contributed by atoms with E-state index < -0.39 is 152 Å². The van der Waals surface area contributed by atoms with Crippen molar-refractivity contribution in [2.75, 3.05) is 0 Å². The molecule has 0 saturated carbocycles. The maximum absolute atomic E-state index is 9.72. The summed E-state index contributed by atoms with van der Waals surface area (Å²) in [6, 6.07) is 20.3. The average molecular weight is 664 g/mol. The van der Waals surface area contributed by atoms with Crippen LogP contribution in [-0.2, 0) is 5.41 Å². The third-order valence-corrected chi connectivity index (χ3v) is 9.75. The largest absolute Gasteiger partial charge is 0.0713 e. The molecule has 0 heterocycles. The molecule has 0 aromatic heterocycles. The van der Waals surface area contributed by atoms with E-state index in [2.05, 4.69) is 6.07 Å². The van der Waals surface area contributed by atoms with Crippen LogP contribution in [0.5, 0.6) is 0 Å². The molecular formula is C51H34. The van der Waals surface area contributed by atoms with Gasteiger partial charge in [0, 0.05) is 0 Å². The van der Waals surface area contributed by atoms with Crippen LogP contribution in [0.2, 0.25) is 0 Å². The Bertz CT molecular complexity index is 3520. The zero-order valence-electron chi connectivity index (χ0n) is 43.8. The van der Waals surface area contributed by atoms with Crippen molar-refractivity contribution in [3.8, 4) is 44.5 Å². The molecule has 0 saturated heterocycles. The van der Waals surface area contributed by atoms with Gasteiger partial charge in [-0.05, 0) is 94.4 Å². The van der Waals surface area contributed by atoms with Crippen LogP contribution < -0.4 is 0 Å². The van der Waals surface area contributed by atoms with Crippen molar-refractivity contribution >= 4 is 21.5 Å². The molecule has 0 fully saturated rings. The maximum Gasteiger partial charge on any atom is 0.0713 e. The van der Waals surface area contributed by atoms with Gasteiger partial charge in [0.15, 0.2) is 0 Å². The summed E-state index contributed by atoms with van der Waals surface area (Å²) in [6.45, 7) is 0. The molecule has 0 atom stereocenters. The lowest BCUT2D eigenvalue weighted by molar-refractivity contribution is 0.769. The monoisotopic (exact) mass is 663 g/mol. The van der Waals surface area contributed by atoms with Crippen LogP contribution >= 0.6 is 0 Å². The minimum Gasteiger partial charge on any atom is -0.0622 e. The Morgan fingerprint density at radius 3 is 1.35 bits per heavy atom. The van der Waals surface area contributed by atoms with Crippen molar-refractivity contribution in [2.45, 2.75) is 5.41 Å². The quantitative estimate of drug-likeness (QED) is 0.161. The van der Waals surface area contributed by atoms with E-state index in [4.69, 9.17) is 12.3 Å². The summed E-state index contributed by atoms with van der Waals surface area (Å²) in [7, 11) is 0. The van der Waals surface area contributed by atoms with Gasteiger partial charge in [0.2, 0.25) is 0 Å². The summed E-state index contributed by atoms with van der Waals surface area (Å²) < 4.78 is 154. The summed E-state index contributed by atoms with van der Waals surface area (Å²) in [4.78, 5) is 0. The Hall–Kier alpha value is -6.50. The van der Waals surface area contributed by atoms with Crippen molar-refractivity contribution in [3.63, 3.8) is 0 Å². The van der Waals surface area contributed by atoms with Crippen molar-refractivity contribution in [1.82, 2.24) is 0 Å². The lowest BCUT2D eigenvalue weighted by Gasteiger charge is -2.34. The highest BCUT2D eigenvalue weighted by Crippen LogP contribution is 2.56. The molecule has 0 amide bonds. The van der Waals surface area contributed by atoms with Crippen LogP contribution in [0.1, 0.15) is 45.6 Å². The van der Waals surface area contributed by atoms with Crippen molar-refractivity contribution < 1.29 is 23.3 Å². The Balaban J connectivity index is 1.35. The Morgan fingerprint density at radius 2 is 0.784 bits per heavy atom. The molecule has 1 aliphatic rings. The first-order valence-corrected chi connectivity index (χ1v) is 16.4. The van der Waals surface area contributed by atoms with E-state index in [-0.39, 0.29) is 5.56 Å². The lowest BCUT2D eigenvalue weighted by atomic mass is 9.67. The van der Waals surface area contributed by atoms with E-state index in [0.29, 0.717) is 5.56 Å². The Morgan fingerprint density at radius 1 is 0.333 bits per heavy atom. The molecule has 0 unspecified atom stereocenters. The minimum atomic E-state index is -0.880. The number of hydrogen-bond donors (Lipinski definition) is 0. The maximum atomic E-state index is 9.72. The van der Waals surface area contributed by atoms with Crippen molar-refractivity contribution in [2.24, 2.45) is 0 Å². The van der Waals surface area contributed by atoms with Crippen LogP contribution in [0.15, 0.2) is 206 Å². The molecular weight excluding hydrogens is 613 g/mol. The number of fused-ring (bicyclic) bond motifs is 5. The number of rotatable bonds is 5. The zero-order chi connectivity index (χ0) is 48.6. The number of hydrogen-bond acceptors (Lipinski definition) is 0. The normalized spacial score (nSPS) is 17.5. The van der Waals surface area contributed by atoms with Gasteiger partial charge in [-0.25, -0.2) is 0 Å². The molecule has 1 aliphatic carbocycles. The van der Waals surface area contributed by atoms with E-state index in [1.165, 1.54) is 0 Å². The molecule has 9 aromatic carbocycles. The molecule has 0 spiro atoms. The predicted molar refractivity (Wildman–Crippen MR) is 215 cm³/mol. The van der Waals surface area contributed by atoms with Gasteiger partial charge in [-0.3, -0.25) is 0 Å².